The third kappa shape index (κ3) is 2.48. The number of urea groups is 1. The van der Waals surface area contributed by atoms with E-state index in [-0.39, 0.29) is 6.03 Å². The minimum absolute atomic E-state index is 0.0736. The molecule has 0 aliphatic heterocycles. The van der Waals surface area contributed by atoms with Crippen molar-refractivity contribution < 1.29 is 4.79 Å². The molecule has 1 heterocycles. The standard InChI is InChI=1S/C9H16N4O/c1-4-12(2)9(14)11-7-8-10-5-6-13(8)3/h5-6H,4,7H2,1-3H3,(H,11,14). The van der Waals surface area contributed by atoms with Crippen LogP contribution in [0.15, 0.2) is 12.4 Å². The van der Waals surface area contributed by atoms with Crippen LogP contribution < -0.4 is 5.32 Å². The van der Waals surface area contributed by atoms with E-state index in [1.165, 1.54) is 0 Å². The third-order valence-corrected chi connectivity index (χ3v) is 2.14. The molecule has 0 aliphatic carbocycles. The number of aromatic nitrogens is 2. The molecule has 0 radical (unpaired) electrons. The van der Waals surface area contributed by atoms with Crippen LogP contribution in [0, 0.1) is 0 Å². The lowest BCUT2D eigenvalue weighted by molar-refractivity contribution is 0.210. The molecule has 0 saturated carbocycles. The SMILES string of the molecule is CCN(C)C(=O)NCc1nccn1C. The maximum absolute atomic E-state index is 11.4. The zero-order valence-corrected chi connectivity index (χ0v) is 8.82. The van der Waals surface area contributed by atoms with Gasteiger partial charge in [-0.15, -0.1) is 0 Å². The Morgan fingerprint density at radius 1 is 1.71 bits per heavy atom. The van der Waals surface area contributed by atoms with E-state index >= 15 is 0 Å². The number of rotatable bonds is 3. The maximum Gasteiger partial charge on any atom is 0.317 e. The summed E-state index contributed by atoms with van der Waals surface area (Å²) in [6.45, 7) is 3.10. The molecule has 78 valence electrons. The van der Waals surface area contributed by atoms with Crippen LogP contribution in [0.5, 0.6) is 0 Å². The topological polar surface area (TPSA) is 50.2 Å². The van der Waals surface area contributed by atoms with E-state index < -0.39 is 0 Å². The van der Waals surface area contributed by atoms with Gasteiger partial charge in [0.1, 0.15) is 5.82 Å². The molecule has 0 atom stereocenters. The molecule has 0 saturated heterocycles. The minimum atomic E-state index is -0.0736. The molecular weight excluding hydrogens is 180 g/mol. The first kappa shape index (κ1) is 10.6. The fraction of sp³-hybridized carbons (Fsp3) is 0.556. The van der Waals surface area contributed by atoms with Crippen molar-refractivity contribution in [2.45, 2.75) is 13.5 Å². The zero-order chi connectivity index (χ0) is 10.6. The molecule has 0 aliphatic rings. The van der Waals surface area contributed by atoms with E-state index in [2.05, 4.69) is 10.3 Å². The van der Waals surface area contributed by atoms with Gasteiger partial charge in [-0.1, -0.05) is 0 Å². The highest BCUT2D eigenvalue weighted by atomic mass is 16.2. The Bertz CT molecular complexity index is 308. The number of amides is 2. The highest BCUT2D eigenvalue weighted by Gasteiger charge is 2.06. The lowest BCUT2D eigenvalue weighted by Gasteiger charge is -2.15. The van der Waals surface area contributed by atoms with E-state index in [1.807, 2.05) is 24.7 Å². The molecular formula is C9H16N4O. The molecule has 1 N–H and O–H groups in total. The van der Waals surface area contributed by atoms with Gasteiger partial charge in [0.15, 0.2) is 0 Å². The van der Waals surface area contributed by atoms with E-state index in [0.717, 1.165) is 5.82 Å². The van der Waals surface area contributed by atoms with Gasteiger partial charge in [0, 0.05) is 33.0 Å². The van der Waals surface area contributed by atoms with Crippen molar-refractivity contribution in [3.8, 4) is 0 Å². The maximum atomic E-state index is 11.4. The smallest absolute Gasteiger partial charge is 0.317 e. The molecule has 0 unspecified atom stereocenters. The van der Waals surface area contributed by atoms with Crippen molar-refractivity contribution in [2.24, 2.45) is 7.05 Å². The monoisotopic (exact) mass is 196 g/mol. The molecule has 5 nitrogen and oxygen atoms in total. The predicted octanol–water partition coefficient (Wildman–Crippen LogP) is 0.581. The summed E-state index contributed by atoms with van der Waals surface area (Å²) < 4.78 is 1.88. The molecule has 0 fully saturated rings. The van der Waals surface area contributed by atoms with Crippen LogP contribution in [0.3, 0.4) is 0 Å². The Hall–Kier alpha value is -1.52. The lowest BCUT2D eigenvalue weighted by Crippen LogP contribution is -2.37. The summed E-state index contributed by atoms with van der Waals surface area (Å²) >= 11 is 0. The van der Waals surface area contributed by atoms with Gasteiger partial charge in [-0.3, -0.25) is 0 Å². The summed E-state index contributed by atoms with van der Waals surface area (Å²) in [5, 5.41) is 2.78. The Morgan fingerprint density at radius 3 is 2.93 bits per heavy atom. The van der Waals surface area contributed by atoms with Crippen molar-refractivity contribution in [1.82, 2.24) is 19.8 Å². The highest BCUT2D eigenvalue weighted by molar-refractivity contribution is 5.73. The Labute approximate surface area is 83.7 Å². The van der Waals surface area contributed by atoms with Gasteiger partial charge in [-0.25, -0.2) is 9.78 Å². The number of carbonyl (C=O) groups excluding carboxylic acids is 1. The van der Waals surface area contributed by atoms with Crippen LogP contribution in [-0.4, -0.2) is 34.1 Å². The first-order valence-corrected chi connectivity index (χ1v) is 4.60. The molecule has 1 aromatic heterocycles. The van der Waals surface area contributed by atoms with Crippen LogP contribution in [-0.2, 0) is 13.6 Å². The summed E-state index contributed by atoms with van der Waals surface area (Å²) in [6.07, 6.45) is 3.57. The van der Waals surface area contributed by atoms with Gasteiger partial charge in [0.25, 0.3) is 0 Å². The Balaban J connectivity index is 2.41. The van der Waals surface area contributed by atoms with Crippen molar-refractivity contribution in [3.05, 3.63) is 18.2 Å². The number of nitrogens with one attached hydrogen (secondary N) is 1. The van der Waals surface area contributed by atoms with E-state index in [1.54, 1.807) is 18.1 Å². The zero-order valence-electron chi connectivity index (χ0n) is 8.82. The quantitative estimate of drug-likeness (QED) is 0.768. The van der Waals surface area contributed by atoms with E-state index in [9.17, 15) is 4.79 Å². The second kappa shape index (κ2) is 4.64. The van der Waals surface area contributed by atoms with Gasteiger partial charge in [0.05, 0.1) is 6.54 Å². The van der Waals surface area contributed by atoms with Crippen molar-refractivity contribution in [2.75, 3.05) is 13.6 Å². The normalized spacial score (nSPS) is 9.93. The highest BCUT2D eigenvalue weighted by Crippen LogP contribution is 1.93. The summed E-state index contributed by atoms with van der Waals surface area (Å²) in [4.78, 5) is 17.1. The van der Waals surface area contributed by atoms with Crippen molar-refractivity contribution in [3.63, 3.8) is 0 Å². The van der Waals surface area contributed by atoms with Crippen LogP contribution in [0.1, 0.15) is 12.7 Å². The average Bonchev–Trinajstić information content (AvgIpc) is 2.59. The molecule has 0 aromatic carbocycles. The van der Waals surface area contributed by atoms with Crippen molar-refractivity contribution >= 4 is 6.03 Å². The number of aryl methyl sites for hydroxylation is 1. The summed E-state index contributed by atoms with van der Waals surface area (Å²) in [5.74, 6) is 0.850. The average molecular weight is 196 g/mol. The van der Waals surface area contributed by atoms with E-state index in [4.69, 9.17) is 0 Å². The molecule has 5 heteroatoms. The van der Waals surface area contributed by atoms with Gasteiger partial charge < -0.3 is 14.8 Å². The number of carbonyl (C=O) groups is 1. The van der Waals surface area contributed by atoms with E-state index in [0.29, 0.717) is 13.1 Å². The second-order valence-corrected chi connectivity index (χ2v) is 3.13. The summed E-state index contributed by atoms with van der Waals surface area (Å²) in [7, 11) is 3.66. The minimum Gasteiger partial charge on any atom is -0.337 e. The summed E-state index contributed by atoms with van der Waals surface area (Å²) in [6, 6.07) is -0.0736. The van der Waals surface area contributed by atoms with Crippen LogP contribution >= 0.6 is 0 Å². The van der Waals surface area contributed by atoms with Gasteiger partial charge >= 0.3 is 6.03 Å². The lowest BCUT2D eigenvalue weighted by atomic mass is 10.5. The van der Waals surface area contributed by atoms with Gasteiger partial charge in [0.2, 0.25) is 0 Å². The molecule has 0 bridgehead atoms. The first-order valence-electron chi connectivity index (χ1n) is 4.60. The Kier molecular flexibility index (Phi) is 3.50. The predicted molar refractivity (Wildman–Crippen MR) is 53.7 cm³/mol. The van der Waals surface area contributed by atoms with Crippen molar-refractivity contribution in [1.29, 1.82) is 0 Å². The van der Waals surface area contributed by atoms with Gasteiger partial charge in [-0.05, 0) is 6.92 Å². The third-order valence-electron chi connectivity index (χ3n) is 2.14. The van der Waals surface area contributed by atoms with Crippen LogP contribution in [0.4, 0.5) is 4.79 Å². The number of imidazole rings is 1. The fourth-order valence-electron chi connectivity index (χ4n) is 1.00. The number of hydrogen-bond acceptors (Lipinski definition) is 2. The van der Waals surface area contributed by atoms with Crippen LogP contribution in [0.2, 0.25) is 0 Å². The first-order chi connectivity index (χ1) is 6.65. The largest absolute Gasteiger partial charge is 0.337 e. The van der Waals surface area contributed by atoms with Crippen LogP contribution in [0.25, 0.3) is 0 Å². The molecule has 2 amide bonds. The fourth-order valence-corrected chi connectivity index (χ4v) is 1.00. The molecule has 1 rings (SSSR count). The second-order valence-electron chi connectivity index (χ2n) is 3.13. The molecule has 1 aromatic rings. The summed E-state index contributed by atoms with van der Waals surface area (Å²) in [5.41, 5.74) is 0. The Morgan fingerprint density at radius 2 is 2.43 bits per heavy atom. The van der Waals surface area contributed by atoms with Gasteiger partial charge in [-0.2, -0.15) is 0 Å². The number of nitrogens with zero attached hydrogens (tertiary/aromatic N) is 3. The molecule has 14 heavy (non-hydrogen) atoms. The molecule has 0 spiro atoms. The number of hydrogen-bond donors (Lipinski definition) is 1.